The highest BCUT2D eigenvalue weighted by molar-refractivity contribution is 14.1. The number of methoxy groups -OCH3 is 2. The highest BCUT2D eigenvalue weighted by Gasteiger charge is 2.26. The molecule has 0 saturated heterocycles. The molecule has 0 saturated carbocycles. The molecule has 3 aromatic rings. The van der Waals surface area contributed by atoms with Gasteiger partial charge >= 0.3 is 0 Å². The van der Waals surface area contributed by atoms with Crippen LogP contribution in [0.25, 0.3) is 10.9 Å². The van der Waals surface area contributed by atoms with Crippen molar-refractivity contribution in [3.8, 4) is 11.5 Å². The van der Waals surface area contributed by atoms with Gasteiger partial charge in [-0.25, -0.2) is 0 Å². The number of rotatable bonds is 6. The molecule has 0 atom stereocenters. The third-order valence-corrected chi connectivity index (χ3v) is 5.37. The Kier molecular flexibility index (Phi) is 9.14. The number of fused-ring (bicyclic) bond motifs is 1. The van der Waals surface area contributed by atoms with Crippen LogP contribution in [0.15, 0.2) is 42.6 Å². The van der Waals surface area contributed by atoms with Crippen LogP contribution in [0, 0.1) is 13.7 Å². The maximum absolute atomic E-state index is 13.5. The maximum atomic E-state index is 13.5. The summed E-state index contributed by atoms with van der Waals surface area (Å²) in [5, 5.41) is 14.5. The number of hydrogen-bond acceptors (Lipinski definition) is 7. The second-order valence-electron chi connectivity index (χ2n) is 6.50. The summed E-state index contributed by atoms with van der Waals surface area (Å²) >= 11 is 2.07. The number of carbonyl (C=O) groups is 1. The average Bonchev–Trinajstić information content (AvgIpc) is 2.79. The van der Waals surface area contributed by atoms with E-state index in [4.69, 9.17) is 9.47 Å². The molecular formula is C22H25IN4O5. The Morgan fingerprint density at radius 2 is 1.88 bits per heavy atom. The van der Waals surface area contributed by atoms with E-state index in [1.54, 1.807) is 35.4 Å². The summed E-state index contributed by atoms with van der Waals surface area (Å²) in [5.41, 5.74) is 1.40. The Morgan fingerprint density at radius 3 is 2.44 bits per heavy atom. The van der Waals surface area contributed by atoms with Gasteiger partial charge in [-0.05, 0) is 67.9 Å². The number of nitrogens with one attached hydrogen (secondary N) is 1. The van der Waals surface area contributed by atoms with E-state index in [0.29, 0.717) is 43.8 Å². The number of hydrogen-bond donors (Lipinski definition) is 1. The number of nitrogens with zero attached hydrogens (tertiary/aromatic N) is 3. The zero-order chi connectivity index (χ0) is 23.8. The van der Waals surface area contributed by atoms with Crippen molar-refractivity contribution >= 4 is 50.8 Å². The number of nitro groups is 1. The molecule has 0 aliphatic rings. The summed E-state index contributed by atoms with van der Waals surface area (Å²) in [5.74, 6) is 0.487. The number of aromatic nitrogens is 1. The van der Waals surface area contributed by atoms with Gasteiger partial charge in [0.15, 0.2) is 11.5 Å². The van der Waals surface area contributed by atoms with Crippen LogP contribution in [-0.4, -0.2) is 50.7 Å². The molecule has 0 aliphatic carbocycles. The van der Waals surface area contributed by atoms with Crippen molar-refractivity contribution in [3.05, 3.63) is 61.8 Å². The molecule has 0 bridgehead atoms. The number of anilines is 1. The topological polar surface area (TPSA) is 107 Å². The lowest BCUT2D eigenvalue weighted by Gasteiger charge is -2.24. The van der Waals surface area contributed by atoms with E-state index in [-0.39, 0.29) is 11.6 Å². The fraction of sp³-hybridized carbons (Fsp3) is 0.273. The van der Waals surface area contributed by atoms with Crippen LogP contribution in [0.3, 0.4) is 0 Å². The van der Waals surface area contributed by atoms with E-state index in [1.807, 2.05) is 21.0 Å². The number of carbonyl (C=O) groups excluding carboxylic acids is 1. The van der Waals surface area contributed by atoms with Gasteiger partial charge in [-0.2, -0.15) is 0 Å². The maximum Gasteiger partial charge on any atom is 0.270 e. The minimum Gasteiger partial charge on any atom is -0.493 e. The Morgan fingerprint density at radius 1 is 1.19 bits per heavy atom. The Labute approximate surface area is 200 Å². The number of ether oxygens (including phenoxy) is 2. The summed E-state index contributed by atoms with van der Waals surface area (Å²) < 4.78 is 11.5. The highest BCUT2D eigenvalue weighted by atomic mass is 127. The van der Waals surface area contributed by atoms with Crippen LogP contribution in [0.4, 0.5) is 11.4 Å². The van der Waals surface area contributed by atoms with Gasteiger partial charge in [0.1, 0.15) is 0 Å². The van der Waals surface area contributed by atoms with Crippen LogP contribution in [0.2, 0.25) is 0 Å². The molecule has 9 nitrogen and oxygen atoms in total. The van der Waals surface area contributed by atoms with Crippen LogP contribution in [-0.2, 0) is 0 Å². The van der Waals surface area contributed by atoms with Gasteiger partial charge < -0.3 is 19.7 Å². The van der Waals surface area contributed by atoms with Crippen molar-refractivity contribution in [2.45, 2.75) is 6.92 Å². The van der Waals surface area contributed by atoms with Gasteiger partial charge in [-0.15, -0.1) is 0 Å². The van der Waals surface area contributed by atoms with Gasteiger partial charge in [0.05, 0.1) is 35.9 Å². The smallest absolute Gasteiger partial charge is 0.270 e. The quantitative estimate of drug-likeness (QED) is 0.277. The molecule has 1 N–H and O–H groups in total. The van der Waals surface area contributed by atoms with E-state index in [0.717, 1.165) is 0 Å². The highest BCUT2D eigenvalue weighted by Crippen LogP contribution is 2.37. The average molecular weight is 552 g/mol. The monoisotopic (exact) mass is 552 g/mol. The lowest BCUT2D eigenvalue weighted by Crippen LogP contribution is -2.32. The van der Waals surface area contributed by atoms with Gasteiger partial charge in [0, 0.05) is 33.8 Å². The molecule has 0 unspecified atom stereocenters. The molecular weight excluding hydrogens is 527 g/mol. The van der Waals surface area contributed by atoms with Crippen LogP contribution < -0.4 is 19.7 Å². The first kappa shape index (κ1) is 25.3. The fourth-order valence-corrected chi connectivity index (χ4v) is 3.78. The molecule has 0 aliphatic heterocycles. The molecule has 10 heteroatoms. The number of non-ortho nitro benzene ring substituents is 1. The summed E-state index contributed by atoms with van der Waals surface area (Å²) in [7, 11) is 6.73. The molecule has 32 heavy (non-hydrogen) atoms. The van der Waals surface area contributed by atoms with Crippen LogP contribution in [0.5, 0.6) is 11.5 Å². The molecule has 0 radical (unpaired) electrons. The molecule has 1 aromatic heterocycles. The Bertz CT molecular complexity index is 1120. The number of benzene rings is 2. The third-order valence-electron chi connectivity index (χ3n) is 4.47. The minimum absolute atomic E-state index is 0.0659. The number of pyridine rings is 1. The molecule has 0 spiro atoms. The van der Waals surface area contributed by atoms with E-state index >= 15 is 0 Å². The van der Waals surface area contributed by atoms with Crippen LogP contribution in [0.1, 0.15) is 17.3 Å². The van der Waals surface area contributed by atoms with Gasteiger partial charge in [0.2, 0.25) is 0 Å². The molecule has 3 rings (SSSR count). The first-order chi connectivity index (χ1) is 15.3. The molecule has 2 aromatic carbocycles. The first-order valence-corrected chi connectivity index (χ1v) is 10.8. The van der Waals surface area contributed by atoms with Gasteiger partial charge in [-0.3, -0.25) is 19.9 Å². The van der Waals surface area contributed by atoms with Gasteiger partial charge in [-0.1, -0.05) is 0 Å². The number of halogens is 1. The van der Waals surface area contributed by atoms with Crippen molar-refractivity contribution < 1.29 is 19.2 Å². The van der Waals surface area contributed by atoms with Crippen molar-refractivity contribution in [1.29, 1.82) is 0 Å². The number of amides is 1. The predicted octanol–water partition coefficient (Wildman–Crippen LogP) is 4.27. The standard InChI is InChI=1S/C20H18IN3O5.C2H7N/c1-4-23(20(25)18-14(21)6-8-17(28-2)19(18)29-3)16-9-10-22-15-7-5-12(24(26)27)11-13(15)16;1-3-2/h5-11H,4H2,1-3H3;3H,1-2H3. The molecule has 1 amide bonds. The largest absolute Gasteiger partial charge is 0.493 e. The van der Waals surface area contributed by atoms with E-state index in [9.17, 15) is 14.9 Å². The molecule has 0 fully saturated rings. The van der Waals surface area contributed by atoms with Crippen molar-refractivity contribution in [2.24, 2.45) is 0 Å². The van der Waals surface area contributed by atoms with Gasteiger partial charge in [0.25, 0.3) is 11.6 Å². The lowest BCUT2D eigenvalue weighted by atomic mass is 10.1. The van der Waals surface area contributed by atoms with Crippen molar-refractivity contribution in [1.82, 2.24) is 10.3 Å². The minimum atomic E-state index is -0.470. The lowest BCUT2D eigenvalue weighted by molar-refractivity contribution is -0.384. The normalized spacial score (nSPS) is 10.2. The van der Waals surface area contributed by atoms with E-state index in [2.05, 4.69) is 32.9 Å². The summed E-state index contributed by atoms with van der Waals surface area (Å²) in [6.07, 6.45) is 1.58. The SMILES string of the molecule is CCN(C(=O)c1c(I)ccc(OC)c1OC)c1ccnc2ccc([N+](=O)[O-])cc12.CNC. The summed E-state index contributed by atoms with van der Waals surface area (Å²) in [6, 6.07) is 9.59. The Hall–Kier alpha value is -2.99. The summed E-state index contributed by atoms with van der Waals surface area (Å²) in [4.78, 5) is 30.1. The van der Waals surface area contributed by atoms with Crippen molar-refractivity contribution in [2.75, 3.05) is 39.8 Å². The second-order valence-corrected chi connectivity index (χ2v) is 7.66. The third kappa shape index (κ3) is 5.25. The predicted molar refractivity (Wildman–Crippen MR) is 133 cm³/mol. The summed E-state index contributed by atoms with van der Waals surface area (Å²) in [6.45, 7) is 2.18. The van der Waals surface area contributed by atoms with Crippen LogP contribution >= 0.6 is 22.6 Å². The van der Waals surface area contributed by atoms with E-state index in [1.165, 1.54) is 26.4 Å². The Balaban J connectivity index is 0.00000114. The zero-order valence-electron chi connectivity index (χ0n) is 18.5. The van der Waals surface area contributed by atoms with E-state index < -0.39 is 4.92 Å². The zero-order valence-corrected chi connectivity index (χ0v) is 20.7. The number of nitro benzene ring substituents is 1. The fourth-order valence-electron chi connectivity index (χ4n) is 3.13. The second kappa shape index (κ2) is 11.6. The molecule has 170 valence electrons. The first-order valence-electron chi connectivity index (χ1n) is 9.68. The molecule has 1 heterocycles. The van der Waals surface area contributed by atoms with Crippen molar-refractivity contribution in [3.63, 3.8) is 0 Å².